The summed E-state index contributed by atoms with van der Waals surface area (Å²) in [4.78, 5) is 12.4. The third kappa shape index (κ3) is 1.82. The number of aromatic nitrogens is 3. The van der Waals surface area contributed by atoms with Gasteiger partial charge in [-0.1, -0.05) is 24.3 Å². The van der Waals surface area contributed by atoms with Gasteiger partial charge >= 0.3 is 0 Å². The molecule has 3 heteroatoms. The third-order valence-corrected chi connectivity index (χ3v) is 4.01. The largest absolute Gasteiger partial charge is 0.340 e. The van der Waals surface area contributed by atoms with Crippen LogP contribution in [-0.2, 0) is 12.8 Å². The van der Waals surface area contributed by atoms with Gasteiger partial charge in [-0.05, 0) is 42.5 Å². The Hall–Kier alpha value is -2.16. The Bertz CT molecular complexity index is 696. The predicted molar refractivity (Wildman–Crippen MR) is 75.1 cm³/mol. The summed E-state index contributed by atoms with van der Waals surface area (Å²) in [5.41, 5.74) is 4.83. The molecule has 0 saturated heterocycles. The molecule has 0 saturated carbocycles. The average Bonchev–Trinajstić information content (AvgIpc) is 2.90. The number of fused-ring (bicyclic) bond motifs is 2. The summed E-state index contributed by atoms with van der Waals surface area (Å²) in [5, 5.41) is 0. The van der Waals surface area contributed by atoms with Gasteiger partial charge in [-0.15, -0.1) is 0 Å². The number of hydrogen-bond donors (Lipinski definition) is 1. The minimum atomic E-state index is 0.490. The van der Waals surface area contributed by atoms with Crippen LogP contribution in [0.15, 0.2) is 42.6 Å². The highest BCUT2D eigenvalue weighted by atomic mass is 15.0. The zero-order chi connectivity index (χ0) is 12.7. The van der Waals surface area contributed by atoms with E-state index in [1.807, 2.05) is 12.1 Å². The summed E-state index contributed by atoms with van der Waals surface area (Å²) in [6.07, 6.45) is 5.18. The van der Waals surface area contributed by atoms with Gasteiger partial charge in [0.1, 0.15) is 5.82 Å². The number of nitrogens with one attached hydrogen (secondary N) is 1. The average molecular weight is 249 g/mol. The lowest BCUT2D eigenvalue weighted by Gasteiger charge is -2.22. The number of rotatable bonds is 1. The fraction of sp³-hybridized carbons (Fsp3) is 0.250. The topological polar surface area (TPSA) is 41.6 Å². The van der Waals surface area contributed by atoms with Crippen LogP contribution in [0.3, 0.4) is 0 Å². The molecule has 1 N–H and O–H groups in total. The third-order valence-electron chi connectivity index (χ3n) is 4.01. The Balaban J connectivity index is 1.70. The first-order valence-corrected chi connectivity index (χ1v) is 6.77. The Morgan fingerprint density at radius 2 is 1.95 bits per heavy atom. The van der Waals surface area contributed by atoms with Crippen molar-refractivity contribution in [3.63, 3.8) is 0 Å². The maximum absolute atomic E-state index is 4.64. The number of benzene rings is 1. The van der Waals surface area contributed by atoms with Crippen molar-refractivity contribution < 1.29 is 0 Å². The zero-order valence-electron chi connectivity index (χ0n) is 10.6. The van der Waals surface area contributed by atoms with Crippen molar-refractivity contribution in [3.05, 3.63) is 59.5 Å². The number of imidazole rings is 1. The van der Waals surface area contributed by atoms with E-state index < -0.39 is 0 Å². The first-order chi connectivity index (χ1) is 9.40. The molecule has 1 aliphatic carbocycles. The maximum Gasteiger partial charge on any atom is 0.177 e. The van der Waals surface area contributed by atoms with Crippen molar-refractivity contribution in [2.24, 2.45) is 0 Å². The molecule has 1 aromatic carbocycles. The van der Waals surface area contributed by atoms with Crippen LogP contribution in [0.4, 0.5) is 0 Å². The van der Waals surface area contributed by atoms with E-state index in [4.69, 9.17) is 0 Å². The molecule has 19 heavy (non-hydrogen) atoms. The van der Waals surface area contributed by atoms with E-state index in [1.54, 1.807) is 6.20 Å². The molecule has 1 unspecified atom stereocenters. The van der Waals surface area contributed by atoms with Crippen LogP contribution in [0.25, 0.3) is 11.2 Å². The summed E-state index contributed by atoms with van der Waals surface area (Å²) < 4.78 is 0. The molecule has 2 aromatic heterocycles. The van der Waals surface area contributed by atoms with Crippen molar-refractivity contribution >= 4 is 11.2 Å². The Kier molecular flexibility index (Phi) is 2.37. The number of aryl methyl sites for hydroxylation is 1. The standard InChI is InChI=1S/C16H15N3/c1-2-5-12-10-13(8-7-11(12)4-1)15-18-14-6-3-9-17-16(14)19-15/h1-6,9,13H,7-8,10H2,(H,17,18,19). The Morgan fingerprint density at radius 1 is 1.05 bits per heavy atom. The molecule has 3 aromatic rings. The number of aromatic amines is 1. The van der Waals surface area contributed by atoms with Crippen LogP contribution in [-0.4, -0.2) is 15.0 Å². The second-order valence-electron chi connectivity index (χ2n) is 5.21. The molecular weight excluding hydrogens is 234 g/mol. The molecule has 0 spiro atoms. The van der Waals surface area contributed by atoms with Crippen molar-refractivity contribution in [2.75, 3.05) is 0 Å². The van der Waals surface area contributed by atoms with Gasteiger partial charge in [0.2, 0.25) is 0 Å². The summed E-state index contributed by atoms with van der Waals surface area (Å²) in [5.74, 6) is 1.58. The fourth-order valence-electron chi connectivity index (χ4n) is 2.99. The Morgan fingerprint density at radius 3 is 2.84 bits per heavy atom. The van der Waals surface area contributed by atoms with Crippen LogP contribution < -0.4 is 0 Å². The van der Waals surface area contributed by atoms with E-state index in [-0.39, 0.29) is 0 Å². The minimum absolute atomic E-state index is 0.490. The quantitative estimate of drug-likeness (QED) is 0.719. The fourth-order valence-corrected chi connectivity index (χ4v) is 2.99. The minimum Gasteiger partial charge on any atom is -0.340 e. The zero-order valence-corrected chi connectivity index (χ0v) is 10.6. The number of H-pyrrole nitrogens is 1. The molecule has 0 amide bonds. The molecule has 0 aliphatic heterocycles. The van der Waals surface area contributed by atoms with Gasteiger partial charge in [-0.3, -0.25) is 0 Å². The lowest BCUT2D eigenvalue weighted by Crippen LogP contribution is -2.13. The maximum atomic E-state index is 4.64. The van der Waals surface area contributed by atoms with Crippen LogP contribution in [0.2, 0.25) is 0 Å². The molecule has 1 atom stereocenters. The molecule has 3 nitrogen and oxygen atoms in total. The van der Waals surface area contributed by atoms with Crippen LogP contribution in [0.5, 0.6) is 0 Å². The van der Waals surface area contributed by atoms with Crippen molar-refractivity contribution in [1.82, 2.24) is 15.0 Å². The predicted octanol–water partition coefficient (Wildman–Crippen LogP) is 3.23. The highest BCUT2D eigenvalue weighted by Gasteiger charge is 2.22. The van der Waals surface area contributed by atoms with Crippen LogP contribution in [0, 0.1) is 0 Å². The van der Waals surface area contributed by atoms with Crippen molar-refractivity contribution in [2.45, 2.75) is 25.2 Å². The Labute approximate surface area is 111 Å². The SMILES string of the molecule is c1ccc2c(c1)CCC(c1nc3ncccc3[nH]1)C2. The van der Waals surface area contributed by atoms with E-state index in [2.05, 4.69) is 39.2 Å². The van der Waals surface area contributed by atoms with Crippen LogP contribution >= 0.6 is 0 Å². The lowest BCUT2D eigenvalue weighted by atomic mass is 9.83. The van der Waals surface area contributed by atoms with Gasteiger partial charge in [0, 0.05) is 12.1 Å². The monoisotopic (exact) mass is 249 g/mol. The smallest absolute Gasteiger partial charge is 0.177 e. The molecular formula is C16H15N3. The van der Waals surface area contributed by atoms with Crippen LogP contribution in [0.1, 0.15) is 29.3 Å². The summed E-state index contributed by atoms with van der Waals surface area (Å²) >= 11 is 0. The lowest BCUT2D eigenvalue weighted by molar-refractivity contribution is 0.561. The van der Waals surface area contributed by atoms with Gasteiger partial charge in [-0.2, -0.15) is 0 Å². The highest BCUT2D eigenvalue weighted by molar-refractivity contribution is 5.70. The van der Waals surface area contributed by atoms with E-state index in [0.717, 1.165) is 36.3 Å². The van der Waals surface area contributed by atoms with E-state index in [0.29, 0.717) is 5.92 Å². The van der Waals surface area contributed by atoms with Gasteiger partial charge in [0.05, 0.1) is 5.52 Å². The first kappa shape index (κ1) is 10.7. The molecule has 0 bridgehead atoms. The van der Waals surface area contributed by atoms with Gasteiger partial charge in [-0.25, -0.2) is 9.97 Å². The second-order valence-corrected chi connectivity index (χ2v) is 5.21. The van der Waals surface area contributed by atoms with E-state index in [1.165, 1.54) is 11.1 Å². The molecule has 1 aliphatic rings. The summed E-state index contributed by atoms with van der Waals surface area (Å²) in [7, 11) is 0. The summed E-state index contributed by atoms with van der Waals surface area (Å²) in [6.45, 7) is 0. The van der Waals surface area contributed by atoms with Gasteiger partial charge in [0.25, 0.3) is 0 Å². The van der Waals surface area contributed by atoms with E-state index >= 15 is 0 Å². The highest BCUT2D eigenvalue weighted by Crippen LogP contribution is 2.31. The number of hydrogen-bond acceptors (Lipinski definition) is 2. The molecule has 94 valence electrons. The molecule has 0 radical (unpaired) electrons. The molecule has 0 fully saturated rings. The second kappa shape index (κ2) is 4.19. The van der Waals surface area contributed by atoms with Gasteiger partial charge in [0.15, 0.2) is 5.65 Å². The molecule has 4 rings (SSSR count). The van der Waals surface area contributed by atoms with Crippen molar-refractivity contribution in [3.8, 4) is 0 Å². The molecule has 2 heterocycles. The number of nitrogens with zero attached hydrogens (tertiary/aromatic N) is 2. The van der Waals surface area contributed by atoms with Crippen molar-refractivity contribution in [1.29, 1.82) is 0 Å². The van der Waals surface area contributed by atoms with E-state index in [9.17, 15) is 0 Å². The first-order valence-electron chi connectivity index (χ1n) is 6.77. The normalized spacial score (nSPS) is 18.4. The summed E-state index contributed by atoms with van der Waals surface area (Å²) in [6, 6.07) is 12.7. The van der Waals surface area contributed by atoms with Gasteiger partial charge < -0.3 is 4.98 Å². The number of pyridine rings is 1.